The molecule has 0 aliphatic heterocycles. The lowest BCUT2D eigenvalue weighted by Gasteiger charge is -1.76. The molecule has 0 aromatic rings. The lowest BCUT2D eigenvalue weighted by molar-refractivity contribution is 0.543. The Balaban J connectivity index is 2.83. The maximum absolute atomic E-state index is 9.32. The van der Waals surface area contributed by atoms with Gasteiger partial charge >= 0.3 is 0 Å². The SMILES string of the molecule is [CH2]C(C)[C]=O. The molecule has 0 fully saturated rings. The first-order valence-electron chi connectivity index (χ1n) is 1.48. The second kappa shape index (κ2) is 1.94. The summed E-state index contributed by atoms with van der Waals surface area (Å²) in [6, 6.07) is 0. The molecule has 0 aromatic heterocycles. The van der Waals surface area contributed by atoms with Crippen molar-refractivity contribution >= 4 is 6.29 Å². The van der Waals surface area contributed by atoms with Crippen LogP contribution in [0, 0.1) is 12.8 Å². The van der Waals surface area contributed by atoms with Crippen LogP contribution in [0.25, 0.3) is 0 Å². The van der Waals surface area contributed by atoms with Gasteiger partial charge in [-0.15, -0.1) is 0 Å². The van der Waals surface area contributed by atoms with Crippen LogP contribution in [0.2, 0.25) is 0 Å². The summed E-state index contributed by atoms with van der Waals surface area (Å²) in [6.45, 7) is 5.02. The monoisotopic (exact) mass is 70.0 g/mol. The largest absolute Gasteiger partial charge is 0.291 e. The zero-order valence-electron chi connectivity index (χ0n) is 3.19. The Morgan fingerprint density at radius 1 is 2.00 bits per heavy atom. The standard InChI is InChI=1S/C4H6O/c1-4(2)3-5/h4H,1H2,2H3. The van der Waals surface area contributed by atoms with E-state index < -0.39 is 0 Å². The van der Waals surface area contributed by atoms with Crippen molar-refractivity contribution in [2.24, 2.45) is 5.92 Å². The summed E-state index contributed by atoms with van der Waals surface area (Å²) >= 11 is 0. The van der Waals surface area contributed by atoms with Gasteiger partial charge in [0.1, 0.15) is 0 Å². The van der Waals surface area contributed by atoms with Gasteiger partial charge in [-0.1, -0.05) is 6.92 Å². The Morgan fingerprint density at radius 3 is 2.20 bits per heavy atom. The lowest BCUT2D eigenvalue weighted by atomic mass is 10.3. The highest BCUT2D eigenvalue weighted by Gasteiger charge is 1.82. The molecular weight excluding hydrogens is 64.0 g/mol. The molecule has 0 aliphatic carbocycles. The molecule has 0 saturated carbocycles. The van der Waals surface area contributed by atoms with Gasteiger partial charge in [0.2, 0.25) is 6.29 Å². The Bertz CT molecular complexity index is 30.6. The molecule has 5 heavy (non-hydrogen) atoms. The lowest BCUT2D eigenvalue weighted by Crippen LogP contribution is -1.83. The second-order valence-electron chi connectivity index (χ2n) is 1.02. The third kappa shape index (κ3) is 3.67. The summed E-state index contributed by atoms with van der Waals surface area (Å²) in [5.74, 6) is -0.171. The smallest absolute Gasteiger partial charge is 0.201 e. The van der Waals surface area contributed by atoms with Crippen LogP contribution in [0.5, 0.6) is 0 Å². The molecule has 0 N–H and O–H groups in total. The molecule has 1 atom stereocenters. The highest BCUT2D eigenvalue weighted by Crippen LogP contribution is 1.77. The normalized spacial score (nSPS) is 8.60. The van der Waals surface area contributed by atoms with Crippen molar-refractivity contribution in [1.29, 1.82) is 0 Å². The van der Waals surface area contributed by atoms with Gasteiger partial charge < -0.3 is 0 Å². The molecule has 2 radical (unpaired) electrons. The first-order valence-corrected chi connectivity index (χ1v) is 1.48. The fourth-order valence-electron chi connectivity index (χ4n) is 0. The van der Waals surface area contributed by atoms with Crippen molar-refractivity contribution in [2.75, 3.05) is 0 Å². The second-order valence-corrected chi connectivity index (χ2v) is 1.02. The van der Waals surface area contributed by atoms with E-state index in [1.807, 2.05) is 0 Å². The molecular formula is C4H6O. The molecule has 0 rings (SSSR count). The van der Waals surface area contributed by atoms with E-state index in [0.29, 0.717) is 0 Å². The van der Waals surface area contributed by atoms with Crippen LogP contribution in [0.4, 0.5) is 0 Å². The number of hydrogen-bond acceptors (Lipinski definition) is 1. The van der Waals surface area contributed by atoms with Gasteiger partial charge in [-0.25, -0.2) is 0 Å². The predicted octanol–water partition coefficient (Wildman–Crippen LogP) is 0.566. The highest BCUT2D eigenvalue weighted by atomic mass is 16.1. The van der Waals surface area contributed by atoms with E-state index in [0.717, 1.165) is 0 Å². The van der Waals surface area contributed by atoms with Crippen LogP contribution in [-0.4, -0.2) is 6.29 Å². The fourth-order valence-corrected chi connectivity index (χ4v) is 0. The van der Waals surface area contributed by atoms with Gasteiger partial charge in [-0.2, -0.15) is 0 Å². The Labute approximate surface area is 32.0 Å². The molecule has 0 amide bonds. The first kappa shape index (κ1) is 4.67. The van der Waals surface area contributed by atoms with Gasteiger partial charge in [-0.3, -0.25) is 4.79 Å². The first-order chi connectivity index (χ1) is 2.27. The molecule has 0 spiro atoms. The highest BCUT2D eigenvalue weighted by molar-refractivity contribution is 5.54. The van der Waals surface area contributed by atoms with Crippen molar-refractivity contribution in [3.05, 3.63) is 6.92 Å². The minimum atomic E-state index is -0.171. The number of hydrogen-bond donors (Lipinski definition) is 0. The van der Waals surface area contributed by atoms with Crippen LogP contribution in [0.1, 0.15) is 6.92 Å². The van der Waals surface area contributed by atoms with Crippen LogP contribution >= 0.6 is 0 Å². The molecule has 1 nitrogen and oxygen atoms in total. The minimum Gasteiger partial charge on any atom is -0.291 e. The molecule has 0 saturated heterocycles. The van der Waals surface area contributed by atoms with E-state index >= 15 is 0 Å². The zero-order chi connectivity index (χ0) is 4.28. The van der Waals surface area contributed by atoms with Crippen LogP contribution in [0.3, 0.4) is 0 Å². The van der Waals surface area contributed by atoms with Gasteiger partial charge in [0.05, 0.1) is 0 Å². The summed E-state index contributed by atoms with van der Waals surface area (Å²) < 4.78 is 0. The number of carbonyl (C=O) groups excluding carboxylic acids is 1. The van der Waals surface area contributed by atoms with Gasteiger partial charge in [0.25, 0.3) is 0 Å². The van der Waals surface area contributed by atoms with E-state index in [-0.39, 0.29) is 5.92 Å². The third-order valence-corrected chi connectivity index (χ3v) is 0.201. The van der Waals surface area contributed by atoms with Crippen molar-refractivity contribution in [1.82, 2.24) is 0 Å². The van der Waals surface area contributed by atoms with Gasteiger partial charge in [0, 0.05) is 5.92 Å². The quantitative estimate of drug-likeness (QED) is 0.440. The Morgan fingerprint density at radius 2 is 2.20 bits per heavy atom. The molecule has 0 bridgehead atoms. The maximum Gasteiger partial charge on any atom is 0.201 e. The third-order valence-electron chi connectivity index (χ3n) is 0.201. The number of rotatable bonds is 1. The molecule has 0 aliphatic rings. The summed E-state index contributed by atoms with van der Waals surface area (Å²) in [5.41, 5.74) is 0. The topological polar surface area (TPSA) is 17.1 Å². The van der Waals surface area contributed by atoms with Crippen molar-refractivity contribution in [3.8, 4) is 0 Å². The fraction of sp³-hybridized carbons (Fsp3) is 0.500. The van der Waals surface area contributed by atoms with E-state index in [9.17, 15) is 4.79 Å². The van der Waals surface area contributed by atoms with E-state index in [1.165, 1.54) is 0 Å². The van der Waals surface area contributed by atoms with Crippen molar-refractivity contribution < 1.29 is 4.79 Å². The van der Waals surface area contributed by atoms with E-state index in [1.54, 1.807) is 13.2 Å². The average Bonchev–Trinajstić information content (AvgIpc) is 1.38. The summed E-state index contributed by atoms with van der Waals surface area (Å²) in [4.78, 5) is 9.32. The summed E-state index contributed by atoms with van der Waals surface area (Å²) in [7, 11) is 0. The van der Waals surface area contributed by atoms with Gasteiger partial charge in [-0.05, 0) is 6.92 Å². The van der Waals surface area contributed by atoms with Crippen molar-refractivity contribution in [2.45, 2.75) is 6.92 Å². The van der Waals surface area contributed by atoms with Crippen molar-refractivity contribution in [3.63, 3.8) is 0 Å². The Hall–Kier alpha value is -0.330. The molecule has 1 unspecified atom stereocenters. The molecule has 0 aromatic carbocycles. The Kier molecular flexibility index (Phi) is 1.81. The molecule has 0 heterocycles. The van der Waals surface area contributed by atoms with Crippen LogP contribution in [-0.2, 0) is 4.79 Å². The van der Waals surface area contributed by atoms with Crippen LogP contribution < -0.4 is 0 Å². The predicted molar refractivity (Wildman–Crippen MR) is 20.2 cm³/mol. The molecule has 1 heteroatoms. The van der Waals surface area contributed by atoms with E-state index in [4.69, 9.17) is 0 Å². The maximum atomic E-state index is 9.32. The summed E-state index contributed by atoms with van der Waals surface area (Å²) in [6.07, 6.45) is 1.67. The van der Waals surface area contributed by atoms with Gasteiger partial charge in [0.15, 0.2) is 0 Å². The average molecular weight is 70.1 g/mol. The van der Waals surface area contributed by atoms with E-state index in [2.05, 4.69) is 6.92 Å². The molecule has 28 valence electrons. The summed E-state index contributed by atoms with van der Waals surface area (Å²) in [5, 5.41) is 0. The zero-order valence-corrected chi connectivity index (χ0v) is 3.19. The van der Waals surface area contributed by atoms with Crippen LogP contribution in [0.15, 0.2) is 0 Å². The minimum absolute atomic E-state index is 0.171.